The van der Waals surface area contributed by atoms with Gasteiger partial charge in [-0.15, -0.1) is 0 Å². The van der Waals surface area contributed by atoms with E-state index in [1.54, 1.807) is 12.5 Å². The summed E-state index contributed by atoms with van der Waals surface area (Å²) in [5.41, 5.74) is 0.357. The third-order valence-corrected chi connectivity index (χ3v) is 2.41. The van der Waals surface area contributed by atoms with Gasteiger partial charge in [-0.3, -0.25) is 0 Å². The Morgan fingerprint density at radius 3 is 3.08 bits per heavy atom. The molecule has 2 rings (SSSR count). The van der Waals surface area contributed by atoms with E-state index < -0.39 is 5.60 Å². The summed E-state index contributed by atoms with van der Waals surface area (Å²) in [7, 11) is 0. The molecule has 0 spiro atoms. The maximum Gasteiger partial charge on any atom is 0.0935 e. The Hall–Kier alpha value is -0.800. The Balaban J connectivity index is 1.99. The molecule has 72 valence electrons. The Kier molecular flexibility index (Phi) is 2.38. The predicted molar refractivity (Wildman–Crippen MR) is 47.4 cm³/mol. The first-order valence-corrected chi connectivity index (χ1v) is 4.60. The Labute approximate surface area is 77.3 Å². The second-order valence-corrected chi connectivity index (χ2v) is 3.69. The normalized spacial score (nSPS) is 29.0. The van der Waals surface area contributed by atoms with Gasteiger partial charge in [0.25, 0.3) is 0 Å². The lowest BCUT2D eigenvalue weighted by Gasteiger charge is -2.31. The van der Waals surface area contributed by atoms with Crippen molar-refractivity contribution in [2.75, 3.05) is 13.2 Å². The van der Waals surface area contributed by atoms with Crippen LogP contribution in [0.25, 0.3) is 0 Å². The lowest BCUT2D eigenvalue weighted by Crippen LogP contribution is -2.40. The molecule has 1 saturated heterocycles. The fraction of sp³-hybridized carbons (Fsp3) is 0.600. The lowest BCUT2D eigenvalue weighted by molar-refractivity contribution is -0.0845. The molecule has 1 atom stereocenters. The highest BCUT2D eigenvalue weighted by Gasteiger charge is 2.30. The lowest BCUT2D eigenvalue weighted by atomic mass is 9.90. The number of aliphatic hydroxyl groups is 1. The molecular weight excluding hydrogens is 168 g/mol. The molecule has 1 aliphatic rings. The molecule has 0 aromatic carbocycles. The monoisotopic (exact) mass is 182 g/mol. The first-order chi connectivity index (χ1) is 6.29. The average Bonchev–Trinajstić information content (AvgIpc) is 2.57. The molecule has 1 aromatic heterocycles. The van der Waals surface area contributed by atoms with E-state index in [2.05, 4.69) is 0 Å². The van der Waals surface area contributed by atoms with Crippen molar-refractivity contribution in [1.29, 1.82) is 0 Å². The number of furan rings is 1. The van der Waals surface area contributed by atoms with Crippen LogP contribution >= 0.6 is 0 Å². The highest BCUT2D eigenvalue weighted by Crippen LogP contribution is 2.23. The van der Waals surface area contributed by atoms with E-state index in [9.17, 15) is 5.11 Å². The van der Waals surface area contributed by atoms with E-state index >= 15 is 0 Å². The van der Waals surface area contributed by atoms with Crippen LogP contribution in [0.3, 0.4) is 0 Å². The summed E-state index contributed by atoms with van der Waals surface area (Å²) in [6.45, 7) is 1.21. The van der Waals surface area contributed by atoms with Gasteiger partial charge < -0.3 is 14.3 Å². The third-order valence-electron chi connectivity index (χ3n) is 2.41. The van der Waals surface area contributed by atoms with Gasteiger partial charge in [-0.1, -0.05) is 0 Å². The SMILES string of the molecule is OC1(Cc2ccoc2)CCCOC1. The maximum atomic E-state index is 10.1. The summed E-state index contributed by atoms with van der Waals surface area (Å²) in [5, 5.41) is 10.1. The smallest absolute Gasteiger partial charge is 0.0935 e. The molecule has 0 radical (unpaired) electrons. The third kappa shape index (κ3) is 2.11. The molecule has 13 heavy (non-hydrogen) atoms. The van der Waals surface area contributed by atoms with Crippen LogP contribution in [0.5, 0.6) is 0 Å². The average molecular weight is 182 g/mol. The minimum atomic E-state index is -0.678. The minimum absolute atomic E-state index is 0.443. The van der Waals surface area contributed by atoms with Crippen LogP contribution in [0.1, 0.15) is 18.4 Å². The summed E-state index contributed by atoms with van der Waals surface area (Å²) >= 11 is 0. The Morgan fingerprint density at radius 2 is 2.46 bits per heavy atom. The van der Waals surface area contributed by atoms with Gasteiger partial charge in [-0.2, -0.15) is 0 Å². The van der Waals surface area contributed by atoms with Crippen molar-refractivity contribution in [3.63, 3.8) is 0 Å². The zero-order valence-electron chi connectivity index (χ0n) is 7.53. The van der Waals surface area contributed by atoms with Crippen molar-refractivity contribution in [2.24, 2.45) is 0 Å². The first-order valence-electron chi connectivity index (χ1n) is 4.60. The molecule has 1 N–H and O–H groups in total. The van der Waals surface area contributed by atoms with Crippen molar-refractivity contribution in [3.8, 4) is 0 Å². The van der Waals surface area contributed by atoms with Crippen molar-refractivity contribution in [3.05, 3.63) is 24.2 Å². The highest BCUT2D eigenvalue weighted by molar-refractivity contribution is 5.09. The second-order valence-electron chi connectivity index (χ2n) is 3.69. The number of hydrogen-bond donors (Lipinski definition) is 1. The Morgan fingerprint density at radius 1 is 1.54 bits per heavy atom. The molecule has 1 fully saturated rings. The first kappa shape index (κ1) is 8.78. The number of rotatable bonds is 2. The summed E-state index contributed by atoms with van der Waals surface area (Å²) in [6.07, 6.45) is 5.69. The standard InChI is InChI=1S/C10H14O3/c11-10(3-1-4-13-8-10)6-9-2-5-12-7-9/h2,5,7,11H,1,3-4,6,8H2. The molecule has 2 heterocycles. The predicted octanol–water partition coefficient (Wildman–Crippen LogP) is 1.36. The van der Waals surface area contributed by atoms with Gasteiger partial charge in [0.15, 0.2) is 0 Å². The van der Waals surface area contributed by atoms with Crippen LogP contribution in [0.2, 0.25) is 0 Å². The van der Waals surface area contributed by atoms with Gasteiger partial charge in [0.1, 0.15) is 0 Å². The van der Waals surface area contributed by atoms with Crippen LogP contribution in [-0.2, 0) is 11.2 Å². The second kappa shape index (κ2) is 3.52. The summed E-state index contributed by atoms with van der Waals surface area (Å²) in [4.78, 5) is 0. The fourth-order valence-electron chi connectivity index (χ4n) is 1.75. The topological polar surface area (TPSA) is 42.6 Å². The van der Waals surface area contributed by atoms with Crippen molar-refractivity contribution < 1.29 is 14.3 Å². The van der Waals surface area contributed by atoms with Crippen molar-refractivity contribution in [1.82, 2.24) is 0 Å². The summed E-state index contributed by atoms with van der Waals surface area (Å²) in [5.74, 6) is 0. The van der Waals surface area contributed by atoms with E-state index in [1.165, 1.54) is 0 Å². The quantitative estimate of drug-likeness (QED) is 0.751. The van der Waals surface area contributed by atoms with Gasteiger partial charge in [-0.05, 0) is 24.5 Å². The molecule has 3 nitrogen and oxygen atoms in total. The van der Waals surface area contributed by atoms with E-state index in [0.717, 1.165) is 25.0 Å². The van der Waals surface area contributed by atoms with Gasteiger partial charge in [-0.25, -0.2) is 0 Å². The van der Waals surface area contributed by atoms with Crippen molar-refractivity contribution in [2.45, 2.75) is 24.9 Å². The van der Waals surface area contributed by atoms with E-state index in [4.69, 9.17) is 9.15 Å². The molecule has 0 aliphatic carbocycles. The minimum Gasteiger partial charge on any atom is -0.472 e. The Bertz CT molecular complexity index is 247. The molecular formula is C10H14O3. The van der Waals surface area contributed by atoms with Crippen molar-refractivity contribution >= 4 is 0 Å². The van der Waals surface area contributed by atoms with Crippen LogP contribution in [0.4, 0.5) is 0 Å². The molecule has 1 unspecified atom stereocenters. The summed E-state index contributed by atoms with van der Waals surface area (Å²) < 4.78 is 10.2. The molecule has 0 bridgehead atoms. The summed E-state index contributed by atoms with van der Waals surface area (Å²) in [6, 6.07) is 1.88. The van der Waals surface area contributed by atoms with Crippen LogP contribution in [0, 0.1) is 0 Å². The zero-order valence-corrected chi connectivity index (χ0v) is 7.53. The van der Waals surface area contributed by atoms with Crippen LogP contribution < -0.4 is 0 Å². The molecule has 0 saturated carbocycles. The molecule has 0 amide bonds. The maximum absolute atomic E-state index is 10.1. The van der Waals surface area contributed by atoms with Gasteiger partial charge in [0.2, 0.25) is 0 Å². The van der Waals surface area contributed by atoms with Gasteiger partial charge in [0, 0.05) is 13.0 Å². The van der Waals surface area contributed by atoms with Crippen LogP contribution in [0.15, 0.2) is 23.0 Å². The molecule has 1 aliphatic heterocycles. The highest BCUT2D eigenvalue weighted by atomic mass is 16.5. The van der Waals surface area contributed by atoms with E-state index in [1.807, 2.05) is 6.07 Å². The van der Waals surface area contributed by atoms with Crippen LogP contribution in [-0.4, -0.2) is 23.9 Å². The molecule has 3 heteroatoms. The van der Waals surface area contributed by atoms with Gasteiger partial charge in [0.05, 0.1) is 24.7 Å². The molecule has 1 aromatic rings. The number of hydrogen-bond acceptors (Lipinski definition) is 3. The van der Waals surface area contributed by atoms with E-state index in [-0.39, 0.29) is 0 Å². The number of ether oxygens (including phenoxy) is 1. The van der Waals surface area contributed by atoms with Gasteiger partial charge >= 0.3 is 0 Å². The largest absolute Gasteiger partial charge is 0.472 e. The fourth-order valence-corrected chi connectivity index (χ4v) is 1.75. The van der Waals surface area contributed by atoms with E-state index in [0.29, 0.717) is 13.0 Å². The zero-order chi connectivity index (χ0) is 9.15.